The minimum atomic E-state index is -3.85. The number of hydrogen-bond donors (Lipinski definition) is 1. The summed E-state index contributed by atoms with van der Waals surface area (Å²) in [6.45, 7) is 1.71. The third kappa shape index (κ3) is 3.95. The molecule has 1 N–H and O–H groups in total. The number of aryl methyl sites for hydroxylation is 1. The SMILES string of the molecule is CON(C)C(=O)c1ccccc1NS(=O)(=O)c1cc(Br)ccc1C. The number of para-hydroxylation sites is 1. The Morgan fingerprint density at radius 3 is 2.54 bits per heavy atom. The molecular weight excluding hydrogens is 396 g/mol. The first-order valence-corrected chi connectivity index (χ1v) is 9.24. The van der Waals surface area contributed by atoms with Crippen molar-refractivity contribution in [2.75, 3.05) is 18.9 Å². The van der Waals surface area contributed by atoms with Gasteiger partial charge in [-0.15, -0.1) is 0 Å². The fourth-order valence-corrected chi connectivity index (χ4v) is 3.94. The van der Waals surface area contributed by atoms with E-state index in [0.29, 0.717) is 10.0 Å². The van der Waals surface area contributed by atoms with Crippen LogP contribution in [0, 0.1) is 6.92 Å². The van der Waals surface area contributed by atoms with E-state index in [1.807, 2.05) is 0 Å². The van der Waals surface area contributed by atoms with Crippen molar-refractivity contribution >= 4 is 37.5 Å². The van der Waals surface area contributed by atoms with Gasteiger partial charge in [0.05, 0.1) is 23.3 Å². The van der Waals surface area contributed by atoms with Crippen molar-refractivity contribution in [1.82, 2.24) is 5.06 Å². The summed E-state index contributed by atoms with van der Waals surface area (Å²) >= 11 is 3.27. The molecule has 0 aliphatic heterocycles. The van der Waals surface area contributed by atoms with Crippen molar-refractivity contribution in [3.05, 3.63) is 58.1 Å². The minimum absolute atomic E-state index is 0.138. The molecule has 0 saturated carbocycles. The molecule has 2 aromatic rings. The molecule has 24 heavy (non-hydrogen) atoms. The smallest absolute Gasteiger partial charge is 0.279 e. The number of hydrogen-bond acceptors (Lipinski definition) is 4. The second-order valence-corrected chi connectivity index (χ2v) is 7.61. The van der Waals surface area contributed by atoms with Gasteiger partial charge >= 0.3 is 0 Å². The predicted molar refractivity (Wildman–Crippen MR) is 95.2 cm³/mol. The van der Waals surface area contributed by atoms with Crippen molar-refractivity contribution in [3.8, 4) is 0 Å². The van der Waals surface area contributed by atoms with Crippen molar-refractivity contribution in [1.29, 1.82) is 0 Å². The van der Waals surface area contributed by atoms with E-state index in [-0.39, 0.29) is 16.1 Å². The molecule has 0 atom stereocenters. The summed E-state index contributed by atoms with van der Waals surface area (Å²) in [6, 6.07) is 11.3. The third-order valence-electron chi connectivity index (χ3n) is 3.40. The molecule has 6 nitrogen and oxygen atoms in total. The van der Waals surface area contributed by atoms with Crippen LogP contribution in [0.4, 0.5) is 5.69 Å². The molecule has 2 rings (SSSR count). The van der Waals surface area contributed by atoms with Gasteiger partial charge in [-0.3, -0.25) is 14.4 Å². The van der Waals surface area contributed by atoms with Crippen LogP contribution in [0.25, 0.3) is 0 Å². The Balaban J connectivity index is 2.44. The Hall–Kier alpha value is -1.90. The van der Waals surface area contributed by atoms with Crippen molar-refractivity contribution in [2.45, 2.75) is 11.8 Å². The molecule has 0 spiro atoms. The topological polar surface area (TPSA) is 75.7 Å². The van der Waals surface area contributed by atoms with Crippen molar-refractivity contribution in [3.63, 3.8) is 0 Å². The van der Waals surface area contributed by atoms with Gasteiger partial charge in [0.1, 0.15) is 0 Å². The number of anilines is 1. The van der Waals surface area contributed by atoms with Crippen LogP contribution in [0.1, 0.15) is 15.9 Å². The average Bonchev–Trinajstić information content (AvgIpc) is 2.55. The van der Waals surface area contributed by atoms with Gasteiger partial charge in [-0.25, -0.2) is 13.5 Å². The fourth-order valence-electron chi connectivity index (χ4n) is 2.07. The second-order valence-electron chi connectivity index (χ2n) is 5.05. The van der Waals surface area contributed by atoms with E-state index in [4.69, 9.17) is 4.84 Å². The lowest BCUT2D eigenvalue weighted by Crippen LogP contribution is -2.27. The largest absolute Gasteiger partial charge is 0.279 e. The highest BCUT2D eigenvalue weighted by molar-refractivity contribution is 9.10. The molecule has 1 amide bonds. The molecule has 0 heterocycles. The highest BCUT2D eigenvalue weighted by Gasteiger charge is 2.22. The lowest BCUT2D eigenvalue weighted by Gasteiger charge is -2.17. The number of halogens is 1. The minimum Gasteiger partial charge on any atom is -0.279 e. The zero-order valence-electron chi connectivity index (χ0n) is 13.4. The molecule has 0 aromatic heterocycles. The standard InChI is InChI=1S/C16H17BrN2O4S/c1-11-8-9-12(17)10-15(11)24(21,22)18-14-7-5-4-6-13(14)16(20)19(2)23-3/h4-10,18H,1-3H3. The Morgan fingerprint density at radius 1 is 1.21 bits per heavy atom. The van der Waals surface area contributed by atoms with E-state index in [9.17, 15) is 13.2 Å². The lowest BCUT2D eigenvalue weighted by molar-refractivity contribution is -0.0756. The van der Waals surface area contributed by atoms with Crippen LogP contribution in [0.3, 0.4) is 0 Å². The first-order valence-electron chi connectivity index (χ1n) is 6.96. The molecule has 0 bridgehead atoms. The Kier molecular flexibility index (Phi) is 5.63. The first-order chi connectivity index (χ1) is 11.3. The number of carbonyl (C=O) groups is 1. The number of nitrogens with zero attached hydrogens (tertiary/aromatic N) is 1. The summed E-state index contributed by atoms with van der Waals surface area (Å²) in [7, 11) is -1.04. The van der Waals surface area contributed by atoms with E-state index in [1.54, 1.807) is 31.2 Å². The Labute approximate surface area is 149 Å². The van der Waals surface area contributed by atoms with Crippen molar-refractivity contribution in [2.24, 2.45) is 0 Å². The van der Waals surface area contributed by atoms with Crippen LogP contribution >= 0.6 is 15.9 Å². The first kappa shape index (κ1) is 18.4. The van der Waals surface area contributed by atoms with Gasteiger partial charge in [-0.1, -0.05) is 34.1 Å². The maximum atomic E-state index is 12.7. The predicted octanol–water partition coefficient (Wildman–Crippen LogP) is 3.19. The molecule has 128 valence electrons. The number of benzene rings is 2. The Morgan fingerprint density at radius 2 is 1.88 bits per heavy atom. The summed E-state index contributed by atoms with van der Waals surface area (Å²) < 4.78 is 28.5. The molecule has 0 radical (unpaired) electrons. The van der Waals surface area contributed by atoms with E-state index < -0.39 is 15.9 Å². The monoisotopic (exact) mass is 412 g/mol. The number of carbonyl (C=O) groups excluding carboxylic acids is 1. The van der Waals surface area contributed by atoms with E-state index in [2.05, 4.69) is 20.7 Å². The maximum absolute atomic E-state index is 12.7. The summed E-state index contributed by atoms with van der Waals surface area (Å²) in [5, 5.41) is 1.03. The summed E-state index contributed by atoms with van der Waals surface area (Å²) in [5.41, 5.74) is 0.979. The highest BCUT2D eigenvalue weighted by Crippen LogP contribution is 2.25. The molecule has 8 heteroatoms. The van der Waals surface area contributed by atoms with E-state index in [0.717, 1.165) is 5.06 Å². The zero-order chi connectivity index (χ0) is 17.9. The average molecular weight is 413 g/mol. The molecule has 0 aliphatic rings. The molecule has 0 unspecified atom stereocenters. The highest BCUT2D eigenvalue weighted by atomic mass is 79.9. The molecule has 0 saturated heterocycles. The Bertz CT molecular complexity index is 868. The number of sulfonamides is 1. The third-order valence-corrected chi connectivity index (χ3v) is 5.40. The summed E-state index contributed by atoms with van der Waals surface area (Å²) in [6.07, 6.45) is 0. The fraction of sp³-hybridized carbons (Fsp3) is 0.188. The molecule has 0 aliphatic carbocycles. The maximum Gasteiger partial charge on any atom is 0.279 e. The number of nitrogens with one attached hydrogen (secondary N) is 1. The molecular formula is C16H17BrN2O4S. The lowest BCUT2D eigenvalue weighted by atomic mass is 10.2. The van der Waals surface area contributed by atoms with Gasteiger partial charge in [-0.2, -0.15) is 0 Å². The van der Waals surface area contributed by atoms with Crippen LogP contribution in [0.2, 0.25) is 0 Å². The second kappa shape index (κ2) is 7.33. The number of hydroxylamine groups is 2. The van der Waals surface area contributed by atoms with Crippen molar-refractivity contribution < 1.29 is 18.0 Å². The van der Waals surface area contributed by atoms with Gasteiger partial charge in [-0.05, 0) is 36.8 Å². The van der Waals surface area contributed by atoms with Crippen LogP contribution in [-0.2, 0) is 14.9 Å². The van der Waals surface area contributed by atoms with Crippen LogP contribution < -0.4 is 4.72 Å². The summed E-state index contributed by atoms with van der Waals surface area (Å²) in [4.78, 5) is 17.3. The number of amides is 1. The molecule has 0 fully saturated rings. The van der Waals surface area contributed by atoms with E-state index in [1.165, 1.54) is 32.4 Å². The van der Waals surface area contributed by atoms with Crippen LogP contribution in [0.5, 0.6) is 0 Å². The van der Waals surface area contributed by atoms with Gasteiger partial charge < -0.3 is 0 Å². The zero-order valence-corrected chi connectivity index (χ0v) is 15.8. The van der Waals surface area contributed by atoms with Gasteiger partial charge in [0, 0.05) is 11.5 Å². The van der Waals surface area contributed by atoms with Gasteiger partial charge in [0.25, 0.3) is 15.9 Å². The molecule has 2 aromatic carbocycles. The van der Waals surface area contributed by atoms with Gasteiger partial charge in [0.15, 0.2) is 0 Å². The van der Waals surface area contributed by atoms with Gasteiger partial charge in [0.2, 0.25) is 0 Å². The normalized spacial score (nSPS) is 11.2. The van der Waals surface area contributed by atoms with E-state index >= 15 is 0 Å². The quantitative estimate of drug-likeness (QED) is 0.764. The summed E-state index contributed by atoms with van der Waals surface area (Å²) in [5.74, 6) is -0.457. The van der Waals surface area contributed by atoms with Crippen LogP contribution in [0.15, 0.2) is 51.8 Å². The number of rotatable bonds is 5. The van der Waals surface area contributed by atoms with Crippen LogP contribution in [-0.4, -0.2) is 33.5 Å².